The molecule has 0 spiro atoms. The minimum Gasteiger partial charge on any atom is -0.325 e. The van der Waals surface area contributed by atoms with Crippen LogP contribution in [-0.4, -0.2) is 34.8 Å². The molecule has 27 heavy (non-hydrogen) atoms. The summed E-state index contributed by atoms with van der Waals surface area (Å²) in [5.74, 6) is 2.43. The van der Waals surface area contributed by atoms with Gasteiger partial charge in [-0.3, -0.25) is 9.59 Å². The highest BCUT2D eigenvalue weighted by molar-refractivity contribution is 8.00. The van der Waals surface area contributed by atoms with Gasteiger partial charge in [-0.25, -0.2) is 0 Å². The third-order valence-corrected chi connectivity index (χ3v) is 5.82. The molecule has 0 atom stereocenters. The highest BCUT2D eigenvalue weighted by atomic mass is 35.5. The third kappa shape index (κ3) is 9.42. The zero-order chi connectivity index (χ0) is 19.5. The first kappa shape index (κ1) is 22.0. The van der Waals surface area contributed by atoms with Crippen LogP contribution in [0, 0.1) is 0 Å². The SMILES string of the molecule is O=C(CSCCCSCC(=O)Nc1cccc(Cl)c1)Nc1cccc(Cl)c1. The van der Waals surface area contributed by atoms with Gasteiger partial charge in [0.05, 0.1) is 11.5 Å². The van der Waals surface area contributed by atoms with E-state index in [1.54, 1.807) is 72.1 Å². The predicted molar refractivity (Wildman–Crippen MR) is 119 cm³/mol. The van der Waals surface area contributed by atoms with Gasteiger partial charge in [0.25, 0.3) is 0 Å². The number of hydrogen-bond acceptors (Lipinski definition) is 4. The molecular weight excluding hydrogens is 423 g/mol. The van der Waals surface area contributed by atoms with Crippen LogP contribution in [0.15, 0.2) is 48.5 Å². The summed E-state index contributed by atoms with van der Waals surface area (Å²) in [5, 5.41) is 6.82. The Morgan fingerprint density at radius 1 is 0.778 bits per heavy atom. The fourth-order valence-electron chi connectivity index (χ4n) is 2.12. The van der Waals surface area contributed by atoms with Crippen molar-refractivity contribution < 1.29 is 9.59 Å². The van der Waals surface area contributed by atoms with Crippen LogP contribution in [0.3, 0.4) is 0 Å². The Labute approximate surface area is 177 Å². The number of thioether (sulfide) groups is 2. The number of carbonyl (C=O) groups is 2. The minimum atomic E-state index is -0.0455. The smallest absolute Gasteiger partial charge is 0.234 e. The Balaban J connectivity index is 1.50. The first-order valence-corrected chi connectivity index (χ1v) is 11.4. The first-order chi connectivity index (χ1) is 13.0. The fraction of sp³-hybridized carbons (Fsp3) is 0.263. The number of halogens is 2. The van der Waals surface area contributed by atoms with Gasteiger partial charge in [0.1, 0.15) is 0 Å². The first-order valence-electron chi connectivity index (χ1n) is 8.29. The molecule has 0 saturated heterocycles. The molecule has 2 aromatic rings. The molecular formula is C19H20Cl2N2O2S2. The van der Waals surface area contributed by atoms with Crippen molar-refractivity contribution in [3.05, 3.63) is 58.6 Å². The van der Waals surface area contributed by atoms with Gasteiger partial charge in [-0.1, -0.05) is 35.3 Å². The Morgan fingerprint density at radius 2 is 1.22 bits per heavy atom. The summed E-state index contributed by atoms with van der Waals surface area (Å²) < 4.78 is 0. The van der Waals surface area contributed by atoms with Crippen molar-refractivity contribution in [3.8, 4) is 0 Å². The Bertz CT molecular complexity index is 711. The van der Waals surface area contributed by atoms with Crippen molar-refractivity contribution in [3.63, 3.8) is 0 Å². The number of amides is 2. The highest BCUT2D eigenvalue weighted by Gasteiger charge is 2.05. The molecule has 2 aromatic carbocycles. The lowest BCUT2D eigenvalue weighted by atomic mass is 10.3. The third-order valence-electron chi connectivity index (χ3n) is 3.26. The van der Waals surface area contributed by atoms with Crippen LogP contribution in [0.1, 0.15) is 6.42 Å². The number of carbonyl (C=O) groups excluding carboxylic acids is 2. The number of anilines is 2. The topological polar surface area (TPSA) is 58.2 Å². The van der Waals surface area contributed by atoms with Gasteiger partial charge >= 0.3 is 0 Å². The van der Waals surface area contributed by atoms with Crippen LogP contribution in [0.5, 0.6) is 0 Å². The Morgan fingerprint density at radius 3 is 1.63 bits per heavy atom. The molecule has 2 N–H and O–H groups in total. The van der Waals surface area contributed by atoms with Crippen molar-refractivity contribution in [2.24, 2.45) is 0 Å². The minimum absolute atomic E-state index is 0.0455. The van der Waals surface area contributed by atoms with Gasteiger partial charge in [0.2, 0.25) is 11.8 Å². The van der Waals surface area contributed by atoms with E-state index in [0.717, 1.165) is 17.9 Å². The molecule has 144 valence electrons. The molecule has 0 aromatic heterocycles. The van der Waals surface area contributed by atoms with Crippen LogP contribution >= 0.6 is 46.7 Å². The maximum atomic E-state index is 11.9. The second-order valence-electron chi connectivity index (χ2n) is 5.58. The maximum absolute atomic E-state index is 11.9. The standard InChI is InChI=1S/C19H20Cl2N2O2S2/c20-14-4-1-6-16(10-14)22-18(24)12-26-8-3-9-27-13-19(25)23-17-7-2-5-15(21)11-17/h1-2,4-7,10-11H,3,8-9,12-13H2,(H,22,24)(H,23,25). The summed E-state index contributed by atoms with van der Waals surface area (Å²) in [5.41, 5.74) is 1.41. The number of benzene rings is 2. The average Bonchev–Trinajstić information content (AvgIpc) is 2.61. The van der Waals surface area contributed by atoms with Crippen molar-refractivity contribution in [1.29, 1.82) is 0 Å². The summed E-state index contributed by atoms with van der Waals surface area (Å²) in [6.07, 6.45) is 0.935. The van der Waals surface area contributed by atoms with E-state index in [9.17, 15) is 9.59 Å². The van der Waals surface area contributed by atoms with Gasteiger partial charge in [0.15, 0.2) is 0 Å². The van der Waals surface area contributed by atoms with E-state index in [0.29, 0.717) is 32.9 Å². The second kappa shape index (κ2) is 12.2. The van der Waals surface area contributed by atoms with E-state index in [2.05, 4.69) is 10.6 Å². The second-order valence-corrected chi connectivity index (χ2v) is 8.66. The normalized spacial score (nSPS) is 10.4. The van der Waals surface area contributed by atoms with E-state index in [-0.39, 0.29) is 11.8 Å². The van der Waals surface area contributed by atoms with Gasteiger partial charge < -0.3 is 10.6 Å². The number of rotatable bonds is 10. The molecule has 0 radical (unpaired) electrons. The molecule has 8 heteroatoms. The van der Waals surface area contributed by atoms with Crippen LogP contribution in [-0.2, 0) is 9.59 Å². The molecule has 0 bridgehead atoms. The van der Waals surface area contributed by atoms with Crippen LogP contribution in [0.2, 0.25) is 10.0 Å². The average molecular weight is 443 g/mol. The summed E-state index contributed by atoms with van der Waals surface area (Å²) >= 11 is 14.9. The fourth-order valence-corrected chi connectivity index (χ4v) is 4.18. The van der Waals surface area contributed by atoms with E-state index >= 15 is 0 Å². The lowest BCUT2D eigenvalue weighted by molar-refractivity contribution is -0.114. The zero-order valence-corrected chi connectivity index (χ0v) is 17.7. The molecule has 0 saturated carbocycles. The quantitative estimate of drug-likeness (QED) is 0.481. The Kier molecular flexibility index (Phi) is 9.91. The predicted octanol–water partition coefficient (Wildman–Crippen LogP) is 5.43. The molecule has 0 aliphatic heterocycles. The molecule has 2 rings (SSSR count). The van der Waals surface area contributed by atoms with E-state index in [4.69, 9.17) is 23.2 Å². The Hall–Kier alpha value is -1.34. The van der Waals surface area contributed by atoms with Crippen LogP contribution in [0.4, 0.5) is 11.4 Å². The maximum Gasteiger partial charge on any atom is 0.234 e. The summed E-state index contributed by atoms with van der Waals surface area (Å²) in [7, 11) is 0. The molecule has 0 aliphatic rings. The van der Waals surface area contributed by atoms with E-state index in [1.165, 1.54) is 0 Å². The highest BCUT2D eigenvalue weighted by Crippen LogP contribution is 2.17. The number of nitrogens with one attached hydrogen (secondary N) is 2. The van der Waals surface area contributed by atoms with Crippen molar-refractivity contribution >= 4 is 69.9 Å². The van der Waals surface area contributed by atoms with Gasteiger partial charge in [-0.15, -0.1) is 0 Å². The number of hydrogen-bond donors (Lipinski definition) is 2. The molecule has 0 heterocycles. The van der Waals surface area contributed by atoms with Gasteiger partial charge in [-0.05, 0) is 54.3 Å². The molecule has 0 fully saturated rings. The van der Waals surface area contributed by atoms with Crippen LogP contribution in [0.25, 0.3) is 0 Å². The lowest BCUT2D eigenvalue weighted by Gasteiger charge is -2.06. The van der Waals surface area contributed by atoms with Crippen LogP contribution < -0.4 is 10.6 Å². The lowest BCUT2D eigenvalue weighted by Crippen LogP contribution is -2.15. The van der Waals surface area contributed by atoms with Crippen molar-refractivity contribution in [1.82, 2.24) is 0 Å². The summed E-state index contributed by atoms with van der Waals surface area (Å²) in [6, 6.07) is 14.2. The summed E-state index contributed by atoms with van der Waals surface area (Å²) in [4.78, 5) is 23.7. The van der Waals surface area contributed by atoms with Crippen molar-refractivity contribution in [2.45, 2.75) is 6.42 Å². The monoisotopic (exact) mass is 442 g/mol. The summed E-state index contributed by atoms with van der Waals surface area (Å²) in [6.45, 7) is 0. The molecule has 0 unspecified atom stereocenters. The molecule has 0 aliphatic carbocycles. The molecule has 4 nitrogen and oxygen atoms in total. The largest absolute Gasteiger partial charge is 0.325 e. The van der Waals surface area contributed by atoms with Crippen molar-refractivity contribution in [2.75, 3.05) is 33.6 Å². The molecule has 2 amide bonds. The van der Waals surface area contributed by atoms with Gasteiger partial charge in [0, 0.05) is 21.4 Å². The van der Waals surface area contributed by atoms with Gasteiger partial charge in [-0.2, -0.15) is 23.5 Å². The van der Waals surface area contributed by atoms with E-state index < -0.39 is 0 Å². The van der Waals surface area contributed by atoms with E-state index in [1.807, 2.05) is 0 Å². The zero-order valence-electron chi connectivity index (χ0n) is 14.5.